The Hall–Kier alpha value is -1.54. The first-order valence-corrected chi connectivity index (χ1v) is 10.3. The molecule has 0 bridgehead atoms. The minimum absolute atomic E-state index is 0.0457. The van der Waals surface area contributed by atoms with Crippen molar-refractivity contribution in [1.29, 1.82) is 0 Å². The highest BCUT2D eigenvalue weighted by molar-refractivity contribution is 7.00. The molecule has 1 aromatic carbocycles. The highest BCUT2D eigenvalue weighted by Crippen LogP contribution is 2.34. The lowest BCUT2D eigenvalue weighted by atomic mass is 9.75. The van der Waals surface area contributed by atoms with Crippen LogP contribution in [0.25, 0.3) is 0 Å². The SMILES string of the molecule is Cc1cc(C)c(C(=O)C(C(=O)OCC(C)C)C2CCCCC2)c(C)c1.O=[PH2+]. The quantitative estimate of drug-likeness (QED) is 0.281. The van der Waals surface area contributed by atoms with E-state index >= 15 is 0 Å². The fourth-order valence-corrected chi connectivity index (χ4v) is 4.04. The van der Waals surface area contributed by atoms with Crippen LogP contribution in [0.3, 0.4) is 0 Å². The van der Waals surface area contributed by atoms with E-state index in [-0.39, 0.29) is 23.6 Å². The molecule has 5 heteroatoms. The summed E-state index contributed by atoms with van der Waals surface area (Å²) in [4.78, 5) is 26.2. The van der Waals surface area contributed by atoms with Crippen LogP contribution in [-0.4, -0.2) is 18.4 Å². The first-order valence-electron chi connectivity index (χ1n) is 9.83. The molecule has 0 heterocycles. The Morgan fingerprint density at radius 2 is 1.56 bits per heavy atom. The summed E-state index contributed by atoms with van der Waals surface area (Å²) in [5.74, 6) is -0.644. The molecule has 0 spiro atoms. The molecular weight excluding hydrogens is 359 g/mol. The van der Waals surface area contributed by atoms with Crippen molar-refractivity contribution in [2.75, 3.05) is 6.61 Å². The first-order chi connectivity index (χ1) is 12.8. The topological polar surface area (TPSA) is 60.4 Å². The van der Waals surface area contributed by atoms with Gasteiger partial charge in [0, 0.05) is 5.56 Å². The van der Waals surface area contributed by atoms with Gasteiger partial charge in [-0.3, -0.25) is 9.59 Å². The maximum atomic E-state index is 13.4. The van der Waals surface area contributed by atoms with Crippen LogP contribution in [0, 0.1) is 38.5 Å². The third-order valence-electron chi connectivity index (χ3n) is 5.14. The molecule has 0 amide bonds. The maximum Gasteiger partial charge on any atom is 0.317 e. The molecule has 0 N–H and O–H groups in total. The number of esters is 1. The van der Waals surface area contributed by atoms with Crippen molar-refractivity contribution in [3.05, 3.63) is 34.4 Å². The van der Waals surface area contributed by atoms with Crippen LogP contribution in [0.5, 0.6) is 0 Å². The number of Topliss-reactive ketones (excluding diaryl/α,β-unsaturated/α-hetero) is 1. The Kier molecular flexibility index (Phi) is 9.87. The standard InChI is InChI=1S/C22H32O3.H2OP/c1-14(2)13-25-22(24)20(18-9-7-6-8-10-18)21(23)19-16(4)11-15(3)12-17(19)5;1-2/h11-12,14,18,20H,6-10,13H2,1-5H3;2H2/q;+1. The largest absolute Gasteiger partial charge is 0.465 e. The van der Waals surface area contributed by atoms with E-state index in [0.29, 0.717) is 12.2 Å². The Labute approximate surface area is 165 Å². The van der Waals surface area contributed by atoms with Crippen LogP contribution in [0.1, 0.15) is 73.0 Å². The van der Waals surface area contributed by atoms with Gasteiger partial charge in [0.2, 0.25) is 0 Å². The number of hydrogen-bond donors (Lipinski definition) is 0. The van der Waals surface area contributed by atoms with Crippen LogP contribution in [0.4, 0.5) is 0 Å². The zero-order chi connectivity index (χ0) is 20.6. The maximum absolute atomic E-state index is 13.4. The van der Waals surface area contributed by atoms with Gasteiger partial charge in [-0.1, -0.05) is 55.4 Å². The highest BCUT2D eigenvalue weighted by Gasteiger charge is 2.38. The van der Waals surface area contributed by atoms with Gasteiger partial charge < -0.3 is 4.74 Å². The van der Waals surface area contributed by atoms with Gasteiger partial charge >= 0.3 is 15.1 Å². The lowest BCUT2D eigenvalue weighted by Gasteiger charge is -2.29. The fraction of sp³-hybridized carbons (Fsp3) is 0.636. The number of hydrogen-bond acceptors (Lipinski definition) is 4. The summed E-state index contributed by atoms with van der Waals surface area (Å²) in [6, 6.07) is 4.05. The highest BCUT2D eigenvalue weighted by atomic mass is 31.0. The summed E-state index contributed by atoms with van der Waals surface area (Å²) in [5, 5.41) is 0. The minimum atomic E-state index is -0.654. The molecule has 1 saturated carbocycles. The second kappa shape index (κ2) is 11.3. The predicted octanol–water partition coefficient (Wildman–Crippen LogP) is 5.40. The first kappa shape index (κ1) is 23.5. The van der Waals surface area contributed by atoms with Crippen LogP contribution in [-0.2, 0) is 14.1 Å². The molecule has 4 nitrogen and oxygen atoms in total. The summed E-state index contributed by atoms with van der Waals surface area (Å²) in [7, 11) is 1.17. The molecule has 2 unspecified atom stereocenters. The van der Waals surface area contributed by atoms with E-state index in [4.69, 9.17) is 9.30 Å². The van der Waals surface area contributed by atoms with E-state index in [9.17, 15) is 9.59 Å². The van der Waals surface area contributed by atoms with Gasteiger partial charge in [0.1, 0.15) is 5.92 Å². The lowest BCUT2D eigenvalue weighted by molar-refractivity contribution is -0.149. The van der Waals surface area contributed by atoms with E-state index in [0.717, 1.165) is 42.4 Å². The molecule has 0 aromatic heterocycles. The third-order valence-corrected chi connectivity index (χ3v) is 5.14. The van der Waals surface area contributed by atoms with E-state index in [1.165, 1.54) is 15.5 Å². The Bertz CT molecular complexity index is 625. The monoisotopic (exact) mass is 393 g/mol. The number of rotatable bonds is 6. The number of ether oxygens (including phenoxy) is 1. The van der Waals surface area contributed by atoms with Crippen LogP contribution >= 0.6 is 9.12 Å². The minimum Gasteiger partial charge on any atom is -0.465 e. The van der Waals surface area contributed by atoms with E-state index in [1.807, 2.05) is 46.8 Å². The number of carbonyl (C=O) groups is 2. The van der Waals surface area contributed by atoms with Crippen molar-refractivity contribution in [2.24, 2.45) is 17.8 Å². The number of benzene rings is 1. The Balaban J connectivity index is 0.00000176. The van der Waals surface area contributed by atoms with Crippen molar-refractivity contribution in [1.82, 2.24) is 0 Å². The second-order valence-corrected chi connectivity index (χ2v) is 8.04. The van der Waals surface area contributed by atoms with E-state index in [2.05, 4.69) is 0 Å². The van der Waals surface area contributed by atoms with Gasteiger partial charge in [-0.15, -0.1) is 0 Å². The molecule has 0 saturated heterocycles. The van der Waals surface area contributed by atoms with Gasteiger partial charge in [-0.05, 0) is 56.6 Å². The van der Waals surface area contributed by atoms with Gasteiger partial charge in [-0.2, -0.15) is 0 Å². The smallest absolute Gasteiger partial charge is 0.317 e. The molecule has 1 aliphatic carbocycles. The number of ketones is 1. The Morgan fingerprint density at radius 1 is 1.04 bits per heavy atom. The third kappa shape index (κ3) is 6.53. The van der Waals surface area contributed by atoms with Crippen molar-refractivity contribution in [2.45, 2.75) is 66.7 Å². The molecular formula is C22H34O4P+. The molecule has 2 atom stereocenters. The van der Waals surface area contributed by atoms with Crippen molar-refractivity contribution in [3.63, 3.8) is 0 Å². The summed E-state index contributed by atoms with van der Waals surface area (Å²) >= 11 is 0. The van der Waals surface area contributed by atoms with Gasteiger partial charge in [0.15, 0.2) is 5.78 Å². The van der Waals surface area contributed by atoms with E-state index < -0.39 is 5.92 Å². The molecule has 0 radical (unpaired) electrons. The molecule has 1 aliphatic rings. The molecule has 2 rings (SSSR count). The van der Waals surface area contributed by atoms with Crippen LogP contribution in [0.2, 0.25) is 0 Å². The molecule has 1 fully saturated rings. The molecule has 150 valence electrons. The van der Waals surface area contributed by atoms with Crippen LogP contribution in [0.15, 0.2) is 12.1 Å². The van der Waals surface area contributed by atoms with Crippen molar-refractivity contribution in [3.8, 4) is 0 Å². The Morgan fingerprint density at radius 3 is 2.04 bits per heavy atom. The molecule has 1 aromatic rings. The second-order valence-electron chi connectivity index (χ2n) is 8.04. The van der Waals surface area contributed by atoms with Crippen LogP contribution < -0.4 is 0 Å². The fourth-order valence-electron chi connectivity index (χ4n) is 4.04. The van der Waals surface area contributed by atoms with Gasteiger partial charge in [0.25, 0.3) is 0 Å². The number of aryl methyl sites for hydroxylation is 3. The van der Waals surface area contributed by atoms with Gasteiger partial charge in [-0.25, -0.2) is 0 Å². The van der Waals surface area contributed by atoms with Crippen molar-refractivity contribution < 1.29 is 18.9 Å². The average Bonchev–Trinajstić information content (AvgIpc) is 2.62. The summed E-state index contributed by atoms with van der Waals surface area (Å²) in [6.45, 7) is 10.4. The summed E-state index contributed by atoms with van der Waals surface area (Å²) in [6.07, 6.45) is 5.27. The molecule has 0 aliphatic heterocycles. The zero-order valence-corrected chi connectivity index (χ0v) is 18.5. The average molecular weight is 393 g/mol. The summed E-state index contributed by atoms with van der Waals surface area (Å²) < 4.78 is 13.7. The molecule has 27 heavy (non-hydrogen) atoms. The van der Waals surface area contributed by atoms with Gasteiger partial charge in [0.05, 0.1) is 6.61 Å². The normalized spacial score (nSPS) is 15.6. The predicted molar refractivity (Wildman–Crippen MR) is 111 cm³/mol. The number of carbonyl (C=O) groups excluding carboxylic acids is 2. The lowest BCUT2D eigenvalue weighted by Crippen LogP contribution is -2.35. The van der Waals surface area contributed by atoms with E-state index in [1.54, 1.807) is 0 Å². The van der Waals surface area contributed by atoms with Crippen molar-refractivity contribution >= 4 is 20.9 Å². The summed E-state index contributed by atoms with van der Waals surface area (Å²) in [5.41, 5.74) is 3.77. The zero-order valence-electron chi connectivity index (χ0n) is 17.3.